The number of thiophene rings is 1. The van der Waals surface area contributed by atoms with Crippen molar-refractivity contribution >= 4 is 22.9 Å². The van der Waals surface area contributed by atoms with Crippen LogP contribution in [-0.2, 0) is 0 Å². The summed E-state index contributed by atoms with van der Waals surface area (Å²) >= 11 is 1.20. The van der Waals surface area contributed by atoms with Crippen LogP contribution in [0.15, 0.2) is 6.07 Å². The lowest BCUT2D eigenvalue weighted by Crippen LogP contribution is -2.46. The summed E-state index contributed by atoms with van der Waals surface area (Å²) in [7, 11) is 1.89. The van der Waals surface area contributed by atoms with E-state index in [9.17, 15) is 14.9 Å². The minimum Gasteiger partial charge on any atom is -0.336 e. The molecule has 104 valence electrons. The summed E-state index contributed by atoms with van der Waals surface area (Å²) in [5, 5.41) is 14.0. The molecule has 1 amide bonds. The zero-order valence-electron chi connectivity index (χ0n) is 11.0. The van der Waals surface area contributed by atoms with Crippen LogP contribution in [0.1, 0.15) is 27.4 Å². The summed E-state index contributed by atoms with van der Waals surface area (Å²) < 4.78 is 0. The number of carbonyl (C=O) groups excluding carboxylic acids is 1. The molecule has 1 atom stereocenters. The number of likely N-dealkylation sites (N-methyl/N-ethyl adjacent to an activating group) is 1. The van der Waals surface area contributed by atoms with Crippen molar-refractivity contribution < 1.29 is 9.72 Å². The van der Waals surface area contributed by atoms with Gasteiger partial charge in [-0.1, -0.05) is 0 Å². The Labute approximate surface area is 115 Å². The SMILES string of the molecule is CNC1CCCN(C(=O)c2cc([N+](=O)[O-])c(C)s2)C1. The van der Waals surface area contributed by atoms with Crippen LogP contribution in [0, 0.1) is 17.0 Å². The molecular weight excluding hydrogens is 266 g/mol. The van der Waals surface area contributed by atoms with Crippen molar-refractivity contribution in [2.24, 2.45) is 0 Å². The first-order valence-electron chi connectivity index (χ1n) is 6.24. The predicted molar refractivity (Wildman–Crippen MR) is 73.7 cm³/mol. The van der Waals surface area contributed by atoms with Gasteiger partial charge in [-0.05, 0) is 26.8 Å². The van der Waals surface area contributed by atoms with E-state index < -0.39 is 4.92 Å². The van der Waals surface area contributed by atoms with Crippen molar-refractivity contribution in [1.82, 2.24) is 10.2 Å². The molecule has 1 N–H and O–H groups in total. The summed E-state index contributed by atoms with van der Waals surface area (Å²) in [6.45, 7) is 3.06. The van der Waals surface area contributed by atoms with Gasteiger partial charge in [-0.25, -0.2) is 0 Å². The van der Waals surface area contributed by atoms with Gasteiger partial charge < -0.3 is 10.2 Å². The maximum absolute atomic E-state index is 12.3. The number of nitro groups is 1. The number of likely N-dealkylation sites (tertiary alicyclic amines) is 1. The number of carbonyl (C=O) groups is 1. The summed E-state index contributed by atoms with van der Waals surface area (Å²) in [5.41, 5.74) is 0.0375. The van der Waals surface area contributed by atoms with Crippen molar-refractivity contribution in [1.29, 1.82) is 0 Å². The molecule has 19 heavy (non-hydrogen) atoms. The quantitative estimate of drug-likeness (QED) is 0.678. The average Bonchev–Trinajstić information content (AvgIpc) is 2.80. The highest BCUT2D eigenvalue weighted by molar-refractivity contribution is 7.14. The van der Waals surface area contributed by atoms with Crippen molar-refractivity contribution in [3.05, 3.63) is 25.9 Å². The van der Waals surface area contributed by atoms with Crippen LogP contribution in [0.25, 0.3) is 0 Å². The van der Waals surface area contributed by atoms with Gasteiger partial charge in [0.05, 0.1) is 14.7 Å². The van der Waals surface area contributed by atoms with Gasteiger partial charge in [0.1, 0.15) is 0 Å². The third-order valence-electron chi connectivity index (χ3n) is 3.42. The Hall–Kier alpha value is -1.47. The molecule has 1 aliphatic rings. The van der Waals surface area contributed by atoms with Crippen LogP contribution in [0.4, 0.5) is 5.69 Å². The maximum atomic E-state index is 12.3. The van der Waals surface area contributed by atoms with E-state index in [1.165, 1.54) is 17.4 Å². The normalized spacial score (nSPS) is 19.5. The fraction of sp³-hybridized carbons (Fsp3) is 0.583. The van der Waals surface area contributed by atoms with Gasteiger partial charge in [0.25, 0.3) is 11.6 Å². The molecule has 2 heterocycles. The molecule has 1 fully saturated rings. The van der Waals surface area contributed by atoms with Gasteiger partial charge in [-0.15, -0.1) is 11.3 Å². The highest BCUT2D eigenvalue weighted by atomic mass is 32.1. The molecule has 0 aromatic carbocycles. The zero-order chi connectivity index (χ0) is 14.0. The molecule has 0 aliphatic carbocycles. The van der Waals surface area contributed by atoms with E-state index in [0.717, 1.165) is 19.4 Å². The molecule has 1 aliphatic heterocycles. The van der Waals surface area contributed by atoms with E-state index >= 15 is 0 Å². The second-order valence-electron chi connectivity index (χ2n) is 4.69. The van der Waals surface area contributed by atoms with Crippen LogP contribution >= 0.6 is 11.3 Å². The van der Waals surface area contributed by atoms with Crippen molar-refractivity contribution in [3.8, 4) is 0 Å². The fourth-order valence-electron chi connectivity index (χ4n) is 2.31. The molecular formula is C12H17N3O3S. The summed E-state index contributed by atoms with van der Waals surface area (Å²) in [6.07, 6.45) is 2.02. The van der Waals surface area contributed by atoms with Crippen molar-refractivity contribution in [2.75, 3.05) is 20.1 Å². The van der Waals surface area contributed by atoms with E-state index in [1.807, 2.05) is 7.05 Å². The van der Waals surface area contributed by atoms with Gasteiger partial charge in [-0.2, -0.15) is 0 Å². The van der Waals surface area contributed by atoms with Crippen LogP contribution in [-0.4, -0.2) is 41.9 Å². The van der Waals surface area contributed by atoms with Gasteiger partial charge >= 0.3 is 0 Å². The number of hydrogen-bond donors (Lipinski definition) is 1. The molecule has 1 saturated heterocycles. The topological polar surface area (TPSA) is 75.5 Å². The van der Waals surface area contributed by atoms with E-state index in [4.69, 9.17) is 0 Å². The number of piperidine rings is 1. The second-order valence-corrected chi connectivity index (χ2v) is 5.94. The largest absolute Gasteiger partial charge is 0.336 e. The summed E-state index contributed by atoms with van der Waals surface area (Å²) in [5.74, 6) is -0.0962. The monoisotopic (exact) mass is 283 g/mol. The molecule has 0 radical (unpaired) electrons. The average molecular weight is 283 g/mol. The summed E-state index contributed by atoms with van der Waals surface area (Å²) in [4.78, 5) is 25.5. The lowest BCUT2D eigenvalue weighted by Gasteiger charge is -2.32. The molecule has 1 unspecified atom stereocenters. The Morgan fingerprint density at radius 3 is 2.95 bits per heavy atom. The van der Waals surface area contributed by atoms with E-state index in [1.54, 1.807) is 11.8 Å². The Bertz CT molecular complexity index is 500. The lowest BCUT2D eigenvalue weighted by molar-refractivity contribution is -0.385. The van der Waals surface area contributed by atoms with E-state index in [0.29, 0.717) is 22.3 Å². The Morgan fingerprint density at radius 2 is 2.37 bits per heavy atom. The van der Waals surface area contributed by atoms with Crippen LogP contribution < -0.4 is 5.32 Å². The Balaban J connectivity index is 2.15. The zero-order valence-corrected chi connectivity index (χ0v) is 11.8. The number of aryl methyl sites for hydroxylation is 1. The maximum Gasteiger partial charge on any atom is 0.283 e. The Morgan fingerprint density at radius 1 is 1.63 bits per heavy atom. The number of rotatable bonds is 3. The van der Waals surface area contributed by atoms with Crippen LogP contribution in [0.3, 0.4) is 0 Å². The standard InChI is InChI=1S/C12H17N3O3S/c1-8-10(15(17)18)6-11(19-8)12(16)14-5-3-4-9(7-14)13-2/h6,9,13H,3-5,7H2,1-2H3. The fourth-order valence-corrected chi connectivity index (χ4v) is 3.27. The molecule has 1 aromatic rings. The van der Waals surface area contributed by atoms with Crippen LogP contribution in [0.5, 0.6) is 0 Å². The van der Waals surface area contributed by atoms with Gasteiger partial charge in [0.15, 0.2) is 0 Å². The van der Waals surface area contributed by atoms with Crippen molar-refractivity contribution in [3.63, 3.8) is 0 Å². The van der Waals surface area contributed by atoms with Crippen LogP contribution in [0.2, 0.25) is 0 Å². The molecule has 0 bridgehead atoms. The first-order chi connectivity index (χ1) is 9.02. The number of amides is 1. The number of nitrogens with one attached hydrogen (secondary N) is 1. The smallest absolute Gasteiger partial charge is 0.283 e. The molecule has 0 saturated carbocycles. The van der Waals surface area contributed by atoms with E-state index in [2.05, 4.69) is 5.32 Å². The first kappa shape index (κ1) is 14.0. The lowest BCUT2D eigenvalue weighted by atomic mass is 10.1. The third-order valence-corrected chi connectivity index (χ3v) is 4.44. The van der Waals surface area contributed by atoms with Crippen molar-refractivity contribution in [2.45, 2.75) is 25.8 Å². The van der Waals surface area contributed by atoms with E-state index in [-0.39, 0.29) is 11.6 Å². The highest BCUT2D eigenvalue weighted by Crippen LogP contribution is 2.29. The Kier molecular flexibility index (Phi) is 4.16. The highest BCUT2D eigenvalue weighted by Gasteiger charge is 2.27. The number of hydrogen-bond acceptors (Lipinski definition) is 5. The van der Waals surface area contributed by atoms with Gasteiger partial charge in [0.2, 0.25) is 0 Å². The molecule has 7 heteroatoms. The van der Waals surface area contributed by atoms with Gasteiger partial charge in [-0.3, -0.25) is 14.9 Å². The first-order valence-corrected chi connectivity index (χ1v) is 7.06. The summed E-state index contributed by atoms with van der Waals surface area (Å²) in [6, 6.07) is 1.71. The predicted octanol–water partition coefficient (Wildman–Crippen LogP) is 1.79. The third kappa shape index (κ3) is 2.93. The molecule has 0 spiro atoms. The minimum absolute atomic E-state index is 0.0375. The minimum atomic E-state index is -0.435. The second kappa shape index (κ2) is 5.66. The molecule has 6 nitrogen and oxygen atoms in total. The van der Waals surface area contributed by atoms with Gasteiger partial charge in [0, 0.05) is 25.2 Å². The number of nitrogens with zero attached hydrogens (tertiary/aromatic N) is 2. The molecule has 2 rings (SSSR count). The molecule has 1 aromatic heterocycles.